The fourth-order valence-electron chi connectivity index (χ4n) is 3.17. The van der Waals surface area contributed by atoms with Crippen molar-refractivity contribution in [1.29, 1.82) is 0 Å². The molecule has 0 aliphatic carbocycles. The maximum Gasteiger partial charge on any atom is 0.229 e. The van der Waals surface area contributed by atoms with Crippen LogP contribution in [0.2, 0.25) is 5.02 Å². The molecule has 0 N–H and O–H groups in total. The van der Waals surface area contributed by atoms with Crippen molar-refractivity contribution in [2.24, 2.45) is 0 Å². The molecule has 5 nitrogen and oxygen atoms in total. The summed E-state index contributed by atoms with van der Waals surface area (Å²) in [6, 6.07) is 17.5. The summed E-state index contributed by atoms with van der Waals surface area (Å²) in [7, 11) is 1.66. The molecule has 2 aromatic heterocycles. The number of carbonyl (C=O) groups excluding carboxylic acids is 1. The van der Waals surface area contributed by atoms with Gasteiger partial charge in [0.1, 0.15) is 11.3 Å². The first-order chi connectivity index (χ1) is 15.6. The summed E-state index contributed by atoms with van der Waals surface area (Å²) < 4.78 is 6.16. The minimum atomic E-state index is 0.0484. The van der Waals surface area contributed by atoms with E-state index in [-0.39, 0.29) is 5.91 Å². The lowest BCUT2D eigenvalue weighted by Crippen LogP contribution is -2.30. The second-order valence-corrected chi connectivity index (χ2v) is 9.63. The van der Waals surface area contributed by atoms with E-state index in [0.29, 0.717) is 23.1 Å². The number of amides is 1. The van der Waals surface area contributed by atoms with Crippen LogP contribution in [-0.4, -0.2) is 28.7 Å². The predicted molar refractivity (Wildman–Crippen MR) is 133 cm³/mol. The van der Waals surface area contributed by atoms with Gasteiger partial charge in [-0.05, 0) is 66.3 Å². The van der Waals surface area contributed by atoms with Gasteiger partial charge in [0.15, 0.2) is 5.13 Å². The number of hydrogen-bond acceptors (Lipinski definition) is 6. The van der Waals surface area contributed by atoms with Crippen LogP contribution in [0.25, 0.3) is 10.2 Å². The number of benzene rings is 2. The van der Waals surface area contributed by atoms with Gasteiger partial charge in [-0.25, -0.2) is 4.98 Å². The standard InChI is InChI=1S/C24H22ClN3O2S2/c1-30-18-7-9-19(10-8-18)31-15-3-6-22(29)28(16-17-11-13-26-14-12-17)24-27-23-20(25)4-2-5-21(23)32-24/h2,4-5,7-14H,3,6,15-16H2,1H3. The zero-order chi connectivity index (χ0) is 22.3. The molecule has 0 radical (unpaired) electrons. The molecule has 0 unspecified atom stereocenters. The second-order valence-electron chi connectivity index (χ2n) is 7.05. The summed E-state index contributed by atoms with van der Waals surface area (Å²) in [5.41, 5.74) is 1.74. The highest BCUT2D eigenvalue weighted by Gasteiger charge is 2.20. The zero-order valence-corrected chi connectivity index (χ0v) is 19.9. The van der Waals surface area contributed by atoms with Gasteiger partial charge in [-0.3, -0.25) is 14.7 Å². The summed E-state index contributed by atoms with van der Waals surface area (Å²) in [6.45, 7) is 0.449. The van der Waals surface area contributed by atoms with Gasteiger partial charge in [0.2, 0.25) is 5.91 Å². The Morgan fingerprint density at radius 1 is 1.12 bits per heavy atom. The molecule has 4 aromatic rings. The lowest BCUT2D eigenvalue weighted by Gasteiger charge is -2.20. The largest absolute Gasteiger partial charge is 0.497 e. The molecule has 1 amide bonds. The van der Waals surface area contributed by atoms with Crippen LogP contribution in [0.3, 0.4) is 0 Å². The number of thiazole rings is 1. The number of fused-ring (bicyclic) bond motifs is 1. The Bertz CT molecular complexity index is 1180. The second kappa shape index (κ2) is 10.8. The normalized spacial score (nSPS) is 10.9. The van der Waals surface area contributed by atoms with E-state index in [4.69, 9.17) is 16.3 Å². The van der Waals surface area contributed by atoms with Gasteiger partial charge in [0, 0.05) is 23.7 Å². The molecule has 2 heterocycles. The number of halogens is 1. The van der Waals surface area contributed by atoms with E-state index in [0.717, 1.165) is 38.6 Å². The van der Waals surface area contributed by atoms with E-state index in [1.807, 2.05) is 54.6 Å². The lowest BCUT2D eigenvalue weighted by molar-refractivity contribution is -0.118. The Kier molecular flexibility index (Phi) is 7.63. The number of rotatable bonds is 9. The van der Waals surface area contributed by atoms with Crippen LogP contribution in [-0.2, 0) is 11.3 Å². The molecule has 32 heavy (non-hydrogen) atoms. The summed E-state index contributed by atoms with van der Waals surface area (Å²) in [5, 5.41) is 1.26. The number of thioether (sulfide) groups is 1. The molecule has 0 fully saturated rings. The number of carbonyl (C=O) groups is 1. The topological polar surface area (TPSA) is 55.3 Å². The number of nitrogens with zero attached hydrogens (tertiary/aromatic N) is 3. The van der Waals surface area contributed by atoms with Gasteiger partial charge in [-0.15, -0.1) is 11.8 Å². The molecule has 0 saturated heterocycles. The molecular formula is C24H22ClN3O2S2. The van der Waals surface area contributed by atoms with Crippen molar-refractivity contribution in [2.45, 2.75) is 24.3 Å². The fourth-order valence-corrected chi connectivity index (χ4v) is 5.31. The van der Waals surface area contributed by atoms with Gasteiger partial charge < -0.3 is 4.74 Å². The highest BCUT2D eigenvalue weighted by molar-refractivity contribution is 7.99. The maximum atomic E-state index is 13.2. The van der Waals surface area contributed by atoms with Crippen LogP contribution < -0.4 is 9.64 Å². The molecule has 4 rings (SSSR count). The number of methoxy groups -OCH3 is 1. The molecule has 164 valence electrons. The number of hydrogen-bond donors (Lipinski definition) is 0. The van der Waals surface area contributed by atoms with E-state index in [2.05, 4.69) is 9.97 Å². The highest BCUT2D eigenvalue weighted by Crippen LogP contribution is 2.34. The minimum absolute atomic E-state index is 0.0484. The van der Waals surface area contributed by atoms with Crippen molar-refractivity contribution in [3.05, 3.63) is 77.6 Å². The average molecular weight is 484 g/mol. The molecule has 0 aliphatic heterocycles. The number of para-hydroxylation sites is 1. The monoisotopic (exact) mass is 483 g/mol. The smallest absolute Gasteiger partial charge is 0.229 e. The molecule has 0 atom stereocenters. The van der Waals surface area contributed by atoms with E-state index in [9.17, 15) is 4.79 Å². The average Bonchev–Trinajstić information content (AvgIpc) is 3.26. The van der Waals surface area contributed by atoms with Crippen molar-refractivity contribution >= 4 is 56.0 Å². The number of ether oxygens (including phenoxy) is 1. The Balaban J connectivity index is 1.44. The van der Waals surface area contributed by atoms with Crippen molar-refractivity contribution < 1.29 is 9.53 Å². The third-order valence-electron chi connectivity index (χ3n) is 4.84. The Hall–Kier alpha value is -2.61. The first-order valence-electron chi connectivity index (χ1n) is 10.2. The van der Waals surface area contributed by atoms with Crippen molar-refractivity contribution in [3.63, 3.8) is 0 Å². The molecule has 0 bridgehead atoms. The van der Waals surface area contributed by atoms with E-state index in [1.54, 1.807) is 36.2 Å². The van der Waals surface area contributed by atoms with Crippen LogP contribution in [0.1, 0.15) is 18.4 Å². The first kappa shape index (κ1) is 22.6. The SMILES string of the molecule is COc1ccc(SCCCC(=O)N(Cc2ccncc2)c2nc3c(Cl)cccc3s2)cc1. The van der Waals surface area contributed by atoms with Crippen molar-refractivity contribution in [2.75, 3.05) is 17.8 Å². The fraction of sp³-hybridized carbons (Fsp3) is 0.208. The van der Waals surface area contributed by atoms with Crippen LogP contribution in [0.5, 0.6) is 5.75 Å². The van der Waals surface area contributed by atoms with E-state index >= 15 is 0 Å². The Morgan fingerprint density at radius 2 is 1.91 bits per heavy atom. The van der Waals surface area contributed by atoms with Gasteiger partial charge in [-0.2, -0.15) is 0 Å². The molecular weight excluding hydrogens is 462 g/mol. The predicted octanol–water partition coefficient (Wildman–Crippen LogP) is 6.46. The maximum absolute atomic E-state index is 13.2. The van der Waals surface area contributed by atoms with E-state index in [1.165, 1.54) is 11.3 Å². The third kappa shape index (κ3) is 5.59. The van der Waals surface area contributed by atoms with Gasteiger partial charge in [0.25, 0.3) is 0 Å². The summed E-state index contributed by atoms with van der Waals surface area (Å²) in [4.78, 5) is 24.9. The van der Waals surface area contributed by atoms with Crippen LogP contribution >= 0.6 is 34.7 Å². The van der Waals surface area contributed by atoms with Crippen LogP contribution in [0.4, 0.5) is 5.13 Å². The zero-order valence-electron chi connectivity index (χ0n) is 17.5. The molecule has 0 aliphatic rings. The molecule has 0 saturated carbocycles. The van der Waals surface area contributed by atoms with Crippen LogP contribution in [0.15, 0.2) is 71.9 Å². The number of pyridine rings is 1. The third-order valence-corrected chi connectivity index (χ3v) is 7.29. The minimum Gasteiger partial charge on any atom is -0.497 e. The van der Waals surface area contributed by atoms with Gasteiger partial charge in [0.05, 0.1) is 23.4 Å². The van der Waals surface area contributed by atoms with Gasteiger partial charge in [-0.1, -0.05) is 29.0 Å². The van der Waals surface area contributed by atoms with Crippen molar-refractivity contribution in [3.8, 4) is 5.75 Å². The van der Waals surface area contributed by atoms with Crippen LogP contribution in [0, 0.1) is 0 Å². The van der Waals surface area contributed by atoms with Crippen molar-refractivity contribution in [1.82, 2.24) is 9.97 Å². The molecule has 2 aromatic carbocycles. The number of anilines is 1. The quantitative estimate of drug-likeness (QED) is 0.202. The summed E-state index contributed by atoms with van der Waals surface area (Å²) in [6.07, 6.45) is 4.68. The number of aromatic nitrogens is 2. The lowest BCUT2D eigenvalue weighted by atomic mass is 10.2. The van der Waals surface area contributed by atoms with Gasteiger partial charge >= 0.3 is 0 Å². The molecule has 8 heteroatoms. The van der Waals surface area contributed by atoms with E-state index < -0.39 is 0 Å². The Labute approximate surface area is 200 Å². The highest BCUT2D eigenvalue weighted by atomic mass is 35.5. The Morgan fingerprint density at radius 3 is 2.62 bits per heavy atom. The summed E-state index contributed by atoms with van der Waals surface area (Å²) >= 11 is 9.53. The molecule has 0 spiro atoms. The first-order valence-corrected chi connectivity index (χ1v) is 12.3. The summed E-state index contributed by atoms with van der Waals surface area (Å²) in [5.74, 6) is 1.74.